The lowest BCUT2D eigenvalue weighted by Crippen LogP contribution is -2.22. The van der Waals surface area contributed by atoms with Crippen LogP contribution in [0.25, 0.3) is 0 Å². The molecule has 1 aliphatic carbocycles. The third-order valence-corrected chi connectivity index (χ3v) is 2.58. The van der Waals surface area contributed by atoms with E-state index in [9.17, 15) is 4.79 Å². The van der Waals surface area contributed by atoms with Crippen molar-refractivity contribution in [3.8, 4) is 5.88 Å². The molecule has 1 aliphatic rings. The monoisotopic (exact) mass is 192 g/mol. The summed E-state index contributed by atoms with van der Waals surface area (Å²) in [6, 6.07) is 1.60. The molecule has 4 heteroatoms. The highest BCUT2D eigenvalue weighted by Crippen LogP contribution is 2.29. The van der Waals surface area contributed by atoms with Crippen LogP contribution < -0.4 is 4.74 Å². The molecule has 1 heterocycles. The van der Waals surface area contributed by atoms with Crippen molar-refractivity contribution in [2.75, 3.05) is 7.11 Å². The van der Waals surface area contributed by atoms with Gasteiger partial charge in [-0.3, -0.25) is 4.79 Å². The molecule has 0 atom stereocenters. The molecule has 1 aromatic rings. The summed E-state index contributed by atoms with van der Waals surface area (Å²) >= 11 is 0. The number of ketones is 1. The summed E-state index contributed by atoms with van der Waals surface area (Å²) in [7, 11) is 1.53. The van der Waals surface area contributed by atoms with Gasteiger partial charge in [0.15, 0.2) is 5.78 Å². The second-order valence-electron chi connectivity index (χ2n) is 3.44. The Labute approximate surface area is 82.3 Å². The highest BCUT2D eigenvalue weighted by atomic mass is 16.5. The van der Waals surface area contributed by atoms with Gasteiger partial charge in [0.2, 0.25) is 5.88 Å². The highest BCUT2D eigenvalue weighted by Gasteiger charge is 2.27. The zero-order chi connectivity index (χ0) is 9.97. The molecule has 0 bridgehead atoms. The third-order valence-electron chi connectivity index (χ3n) is 2.58. The maximum atomic E-state index is 11.7. The van der Waals surface area contributed by atoms with Crippen LogP contribution in [0.5, 0.6) is 5.88 Å². The number of rotatable bonds is 3. The molecular formula is C10H12N2O2. The molecule has 0 N–H and O–H groups in total. The molecule has 4 nitrogen and oxygen atoms in total. The van der Waals surface area contributed by atoms with E-state index in [1.54, 1.807) is 6.07 Å². The van der Waals surface area contributed by atoms with Crippen molar-refractivity contribution in [3.63, 3.8) is 0 Å². The molecule has 0 radical (unpaired) electrons. The lowest BCUT2D eigenvalue weighted by Gasteiger charge is -2.23. The molecule has 1 fully saturated rings. The van der Waals surface area contributed by atoms with Crippen molar-refractivity contribution < 1.29 is 9.53 Å². The SMILES string of the molecule is COc1cc(C(=O)C2CCC2)ncn1. The largest absolute Gasteiger partial charge is 0.481 e. The highest BCUT2D eigenvalue weighted by molar-refractivity contribution is 5.96. The molecule has 0 spiro atoms. The van der Waals surface area contributed by atoms with Crippen LogP contribution in [0.1, 0.15) is 29.8 Å². The number of nitrogens with zero attached hydrogens (tertiary/aromatic N) is 2. The van der Waals surface area contributed by atoms with E-state index in [4.69, 9.17) is 4.74 Å². The van der Waals surface area contributed by atoms with Crippen LogP contribution in [0.4, 0.5) is 0 Å². The predicted molar refractivity (Wildman–Crippen MR) is 50.3 cm³/mol. The number of ether oxygens (including phenoxy) is 1. The number of methoxy groups -OCH3 is 1. The van der Waals surface area contributed by atoms with Crippen LogP contribution >= 0.6 is 0 Å². The van der Waals surface area contributed by atoms with Crippen molar-refractivity contribution in [1.29, 1.82) is 0 Å². The first-order valence-corrected chi connectivity index (χ1v) is 4.71. The van der Waals surface area contributed by atoms with E-state index in [-0.39, 0.29) is 11.7 Å². The van der Waals surface area contributed by atoms with Crippen molar-refractivity contribution in [3.05, 3.63) is 18.1 Å². The maximum Gasteiger partial charge on any atom is 0.216 e. The van der Waals surface area contributed by atoms with E-state index in [1.165, 1.54) is 13.4 Å². The normalized spacial score (nSPS) is 16.1. The summed E-state index contributed by atoms with van der Waals surface area (Å²) in [5.74, 6) is 0.745. The smallest absolute Gasteiger partial charge is 0.216 e. The fourth-order valence-electron chi connectivity index (χ4n) is 1.47. The molecule has 2 rings (SSSR count). The van der Waals surface area contributed by atoms with Gasteiger partial charge in [0.1, 0.15) is 12.0 Å². The Bertz CT molecular complexity index is 348. The number of hydrogen-bond acceptors (Lipinski definition) is 4. The Morgan fingerprint density at radius 2 is 2.29 bits per heavy atom. The molecule has 1 saturated carbocycles. The first kappa shape index (κ1) is 9.12. The summed E-state index contributed by atoms with van der Waals surface area (Å²) in [4.78, 5) is 19.6. The van der Waals surface area contributed by atoms with Gasteiger partial charge in [0, 0.05) is 12.0 Å². The van der Waals surface area contributed by atoms with E-state index in [1.807, 2.05) is 0 Å². The summed E-state index contributed by atoms with van der Waals surface area (Å²) < 4.78 is 4.93. The van der Waals surface area contributed by atoms with Crippen molar-refractivity contribution in [2.24, 2.45) is 5.92 Å². The molecule has 0 aromatic carbocycles. The minimum Gasteiger partial charge on any atom is -0.481 e. The summed E-state index contributed by atoms with van der Waals surface area (Å²) in [5.41, 5.74) is 0.474. The molecule has 0 unspecified atom stereocenters. The third kappa shape index (κ3) is 1.60. The van der Waals surface area contributed by atoms with Crippen LogP contribution in [0.2, 0.25) is 0 Å². The van der Waals surface area contributed by atoms with Gasteiger partial charge in [-0.1, -0.05) is 6.42 Å². The van der Waals surface area contributed by atoms with E-state index in [0.29, 0.717) is 11.6 Å². The fourth-order valence-corrected chi connectivity index (χ4v) is 1.47. The van der Waals surface area contributed by atoms with Crippen molar-refractivity contribution in [1.82, 2.24) is 9.97 Å². The summed E-state index contributed by atoms with van der Waals surface area (Å²) in [6.45, 7) is 0. The number of aromatic nitrogens is 2. The zero-order valence-corrected chi connectivity index (χ0v) is 8.06. The lowest BCUT2D eigenvalue weighted by atomic mass is 9.81. The van der Waals surface area contributed by atoms with Crippen LogP contribution in [0.3, 0.4) is 0 Å². The number of Topliss-reactive ketones (excluding diaryl/α,β-unsaturated/α-hetero) is 1. The lowest BCUT2D eigenvalue weighted by molar-refractivity contribution is 0.0849. The molecule has 14 heavy (non-hydrogen) atoms. The average Bonchev–Trinajstić information content (AvgIpc) is 2.15. The topological polar surface area (TPSA) is 52.1 Å². The number of carbonyl (C=O) groups excluding carboxylic acids is 1. The van der Waals surface area contributed by atoms with E-state index < -0.39 is 0 Å². The van der Waals surface area contributed by atoms with Crippen LogP contribution in [0.15, 0.2) is 12.4 Å². The molecule has 0 saturated heterocycles. The van der Waals surface area contributed by atoms with Gasteiger partial charge in [-0.25, -0.2) is 9.97 Å². The van der Waals surface area contributed by atoms with Gasteiger partial charge in [-0.05, 0) is 12.8 Å². The van der Waals surface area contributed by atoms with Crippen LogP contribution in [-0.2, 0) is 0 Å². The van der Waals surface area contributed by atoms with E-state index in [2.05, 4.69) is 9.97 Å². The van der Waals surface area contributed by atoms with Crippen molar-refractivity contribution >= 4 is 5.78 Å². The summed E-state index contributed by atoms with van der Waals surface area (Å²) in [6.07, 6.45) is 4.50. The number of hydrogen-bond donors (Lipinski definition) is 0. The van der Waals surface area contributed by atoms with Gasteiger partial charge < -0.3 is 4.74 Å². The minimum absolute atomic E-state index is 0.122. The predicted octanol–water partition coefficient (Wildman–Crippen LogP) is 1.47. The van der Waals surface area contributed by atoms with Gasteiger partial charge >= 0.3 is 0 Å². The Morgan fingerprint density at radius 3 is 2.86 bits per heavy atom. The minimum atomic E-state index is 0.122. The summed E-state index contributed by atoms with van der Waals surface area (Å²) in [5, 5.41) is 0. The molecular weight excluding hydrogens is 180 g/mol. The van der Waals surface area contributed by atoms with Gasteiger partial charge in [-0.15, -0.1) is 0 Å². The van der Waals surface area contributed by atoms with E-state index in [0.717, 1.165) is 19.3 Å². The Morgan fingerprint density at radius 1 is 1.50 bits per heavy atom. The van der Waals surface area contributed by atoms with Crippen LogP contribution in [-0.4, -0.2) is 22.9 Å². The fraction of sp³-hybridized carbons (Fsp3) is 0.500. The quantitative estimate of drug-likeness (QED) is 0.680. The Hall–Kier alpha value is -1.45. The average molecular weight is 192 g/mol. The van der Waals surface area contributed by atoms with Crippen molar-refractivity contribution in [2.45, 2.75) is 19.3 Å². The first-order chi connectivity index (χ1) is 6.81. The van der Waals surface area contributed by atoms with Gasteiger partial charge in [0.25, 0.3) is 0 Å². The maximum absolute atomic E-state index is 11.7. The molecule has 0 amide bonds. The molecule has 1 aromatic heterocycles. The first-order valence-electron chi connectivity index (χ1n) is 4.71. The second-order valence-corrected chi connectivity index (χ2v) is 3.44. The number of carbonyl (C=O) groups is 1. The standard InChI is InChI=1S/C10H12N2O2/c1-14-9-5-8(11-6-12-9)10(13)7-3-2-4-7/h5-7H,2-4H2,1H3. The molecule has 74 valence electrons. The zero-order valence-electron chi connectivity index (χ0n) is 8.06. The second kappa shape index (κ2) is 3.74. The Kier molecular flexibility index (Phi) is 2.43. The van der Waals surface area contributed by atoms with E-state index >= 15 is 0 Å². The molecule has 0 aliphatic heterocycles. The van der Waals surface area contributed by atoms with Crippen LogP contribution in [0, 0.1) is 5.92 Å². The van der Waals surface area contributed by atoms with Gasteiger partial charge in [-0.2, -0.15) is 0 Å². The van der Waals surface area contributed by atoms with Gasteiger partial charge in [0.05, 0.1) is 7.11 Å². The Balaban J connectivity index is 2.18.